The van der Waals surface area contributed by atoms with E-state index in [4.69, 9.17) is 0 Å². The van der Waals surface area contributed by atoms with Crippen LogP contribution in [-0.4, -0.2) is 10.7 Å². The number of hydrogen-bond donors (Lipinski definition) is 2. The Hall–Kier alpha value is -1.64. The molecule has 2 heteroatoms. The third-order valence-corrected chi connectivity index (χ3v) is 5.33. The van der Waals surface area contributed by atoms with Gasteiger partial charge in [0.25, 0.3) is 0 Å². The zero-order valence-electron chi connectivity index (χ0n) is 14.1. The van der Waals surface area contributed by atoms with Crippen LogP contribution in [0.1, 0.15) is 56.3 Å². The lowest BCUT2D eigenvalue weighted by Crippen LogP contribution is -2.52. The molecule has 1 heterocycles. The highest BCUT2D eigenvalue weighted by atomic mass is 16.3. The Bertz CT molecular complexity index is 612. The first-order valence-electron chi connectivity index (χ1n) is 8.72. The van der Waals surface area contributed by atoms with Crippen molar-refractivity contribution in [3.8, 4) is 0 Å². The summed E-state index contributed by atoms with van der Waals surface area (Å²) in [5.41, 5.74) is 1.89. The van der Waals surface area contributed by atoms with Gasteiger partial charge in [0.2, 0.25) is 0 Å². The molecule has 4 atom stereocenters. The van der Waals surface area contributed by atoms with E-state index in [2.05, 4.69) is 67.7 Å². The molecular formula is C21H27NO. The molecule has 2 aromatic rings. The number of nitrogens with one attached hydrogen (secondary N) is 1. The summed E-state index contributed by atoms with van der Waals surface area (Å²) in [6.45, 7) is 4.34. The molecule has 2 nitrogen and oxygen atoms in total. The summed E-state index contributed by atoms with van der Waals surface area (Å²) < 4.78 is 0. The van der Waals surface area contributed by atoms with Crippen molar-refractivity contribution in [3.05, 3.63) is 71.8 Å². The van der Waals surface area contributed by atoms with Gasteiger partial charge in [0.05, 0.1) is 5.60 Å². The predicted molar refractivity (Wildman–Crippen MR) is 95.1 cm³/mol. The van der Waals surface area contributed by atoms with Crippen molar-refractivity contribution in [2.24, 2.45) is 5.92 Å². The van der Waals surface area contributed by atoms with Crippen molar-refractivity contribution in [2.75, 3.05) is 0 Å². The molecule has 0 radical (unpaired) electrons. The minimum atomic E-state index is -0.624. The van der Waals surface area contributed by atoms with Crippen LogP contribution in [0.5, 0.6) is 0 Å². The summed E-state index contributed by atoms with van der Waals surface area (Å²) in [5, 5.41) is 15.2. The summed E-state index contributed by atoms with van der Waals surface area (Å²) >= 11 is 0. The molecule has 2 aromatic carbocycles. The third kappa shape index (κ3) is 3.34. The topological polar surface area (TPSA) is 32.3 Å². The van der Waals surface area contributed by atoms with Gasteiger partial charge in [-0.25, -0.2) is 0 Å². The molecule has 0 bridgehead atoms. The summed E-state index contributed by atoms with van der Waals surface area (Å²) in [6, 6.07) is 21.4. The monoisotopic (exact) mass is 309 g/mol. The number of aliphatic hydroxyl groups is 1. The first kappa shape index (κ1) is 16.2. The Labute approximate surface area is 139 Å². The van der Waals surface area contributed by atoms with E-state index in [1.807, 2.05) is 12.1 Å². The molecule has 3 rings (SSSR count). The molecular weight excluding hydrogens is 282 g/mol. The molecule has 0 saturated carbocycles. The van der Waals surface area contributed by atoms with Crippen LogP contribution in [0.15, 0.2) is 60.7 Å². The molecule has 4 unspecified atom stereocenters. The maximum Gasteiger partial charge on any atom is 0.0709 e. The van der Waals surface area contributed by atoms with E-state index in [9.17, 15) is 5.11 Å². The van der Waals surface area contributed by atoms with Crippen molar-refractivity contribution < 1.29 is 5.11 Å². The van der Waals surface area contributed by atoms with Crippen LogP contribution < -0.4 is 5.32 Å². The van der Waals surface area contributed by atoms with Crippen LogP contribution in [-0.2, 0) is 0 Å². The van der Waals surface area contributed by atoms with Crippen LogP contribution in [0.3, 0.4) is 0 Å². The van der Waals surface area contributed by atoms with Gasteiger partial charge in [-0.3, -0.25) is 0 Å². The maximum absolute atomic E-state index is 11.4. The quantitative estimate of drug-likeness (QED) is 0.863. The minimum Gasteiger partial charge on any atom is -0.389 e. The van der Waals surface area contributed by atoms with Crippen LogP contribution in [0.25, 0.3) is 0 Å². The molecule has 1 fully saturated rings. The molecule has 0 aromatic heterocycles. The van der Waals surface area contributed by atoms with Gasteiger partial charge in [-0.1, -0.05) is 80.9 Å². The van der Waals surface area contributed by atoms with Gasteiger partial charge in [-0.05, 0) is 24.0 Å². The fourth-order valence-corrected chi connectivity index (χ4v) is 3.98. The largest absolute Gasteiger partial charge is 0.389 e. The van der Waals surface area contributed by atoms with E-state index in [0.717, 1.165) is 19.3 Å². The fraction of sp³-hybridized carbons (Fsp3) is 0.429. The SMILES string of the molecule is CCCC1(O)CC(c2ccccc2)NC(c2ccccc2)C1C. The summed E-state index contributed by atoms with van der Waals surface area (Å²) in [7, 11) is 0. The molecule has 0 aliphatic carbocycles. The molecule has 122 valence electrons. The Balaban J connectivity index is 1.95. The molecule has 0 amide bonds. The van der Waals surface area contributed by atoms with Crippen molar-refractivity contribution in [1.82, 2.24) is 5.32 Å². The molecule has 1 saturated heterocycles. The van der Waals surface area contributed by atoms with E-state index in [-0.39, 0.29) is 18.0 Å². The van der Waals surface area contributed by atoms with E-state index >= 15 is 0 Å². The summed E-state index contributed by atoms with van der Waals surface area (Å²) in [6.07, 6.45) is 2.63. The van der Waals surface area contributed by atoms with Crippen LogP contribution in [0.4, 0.5) is 0 Å². The number of hydrogen-bond acceptors (Lipinski definition) is 2. The van der Waals surface area contributed by atoms with Crippen molar-refractivity contribution in [3.63, 3.8) is 0 Å². The smallest absolute Gasteiger partial charge is 0.0709 e. The lowest BCUT2D eigenvalue weighted by molar-refractivity contribution is -0.0743. The second-order valence-electron chi connectivity index (χ2n) is 6.86. The van der Waals surface area contributed by atoms with Gasteiger partial charge in [0.1, 0.15) is 0 Å². The normalized spacial score (nSPS) is 31.0. The fourth-order valence-electron chi connectivity index (χ4n) is 3.98. The number of benzene rings is 2. The van der Waals surface area contributed by atoms with Gasteiger partial charge in [-0.2, -0.15) is 0 Å². The van der Waals surface area contributed by atoms with Gasteiger partial charge in [0, 0.05) is 18.0 Å². The van der Waals surface area contributed by atoms with Crippen LogP contribution in [0.2, 0.25) is 0 Å². The second kappa shape index (κ2) is 6.86. The van der Waals surface area contributed by atoms with Crippen LogP contribution in [0, 0.1) is 5.92 Å². The maximum atomic E-state index is 11.4. The van der Waals surface area contributed by atoms with Crippen molar-refractivity contribution >= 4 is 0 Å². The first-order valence-corrected chi connectivity index (χ1v) is 8.72. The number of piperidine rings is 1. The standard InChI is InChI=1S/C21H27NO/c1-3-14-21(23)15-19(17-10-6-4-7-11-17)22-20(16(21)2)18-12-8-5-9-13-18/h4-13,16,19-20,22-23H,3,14-15H2,1-2H3. The minimum absolute atomic E-state index is 0.173. The van der Waals surface area contributed by atoms with E-state index in [1.165, 1.54) is 11.1 Å². The highest BCUT2D eigenvalue weighted by Gasteiger charge is 2.45. The second-order valence-corrected chi connectivity index (χ2v) is 6.86. The summed E-state index contributed by atoms with van der Waals surface area (Å²) in [5.74, 6) is 0.185. The molecule has 0 spiro atoms. The van der Waals surface area contributed by atoms with Crippen molar-refractivity contribution in [2.45, 2.75) is 50.8 Å². The Morgan fingerprint density at radius 2 is 1.57 bits per heavy atom. The first-order chi connectivity index (χ1) is 11.1. The highest BCUT2D eigenvalue weighted by Crippen LogP contribution is 2.45. The molecule has 23 heavy (non-hydrogen) atoms. The average molecular weight is 309 g/mol. The third-order valence-electron chi connectivity index (χ3n) is 5.33. The predicted octanol–water partition coefficient (Wildman–Crippen LogP) is 4.63. The van der Waals surface area contributed by atoms with Crippen molar-refractivity contribution in [1.29, 1.82) is 0 Å². The van der Waals surface area contributed by atoms with E-state index in [0.29, 0.717) is 0 Å². The lowest BCUT2D eigenvalue weighted by Gasteiger charge is -2.48. The zero-order valence-corrected chi connectivity index (χ0v) is 14.1. The van der Waals surface area contributed by atoms with Gasteiger partial charge in [0.15, 0.2) is 0 Å². The zero-order chi connectivity index (χ0) is 16.3. The highest BCUT2D eigenvalue weighted by molar-refractivity contribution is 5.26. The van der Waals surface area contributed by atoms with Gasteiger partial charge >= 0.3 is 0 Å². The van der Waals surface area contributed by atoms with Gasteiger partial charge in [-0.15, -0.1) is 0 Å². The summed E-state index contributed by atoms with van der Waals surface area (Å²) in [4.78, 5) is 0. The Kier molecular flexibility index (Phi) is 4.84. The molecule has 1 aliphatic rings. The average Bonchev–Trinajstić information content (AvgIpc) is 2.59. The van der Waals surface area contributed by atoms with E-state index in [1.54, 1.807) is 0 Å². The van der Waals surface area contributed by atoms with Gasteiger partial charge < -0.3 is 10.4 Å². The number of rotatable bonds is 4. The molecule has 1 aliphatic heterocycles. The molecule has 2 N–H and O–H groups in total. The Morgan fingerprint density at radius 1 is 1.00 bits per heavy atom. The lowest BCUT2D eigenvalue weighted by atomic mass is 9.70. The Morgan fingerprint density at radius 3 is 2.13 bits per heavy atom. The van der Waals surface area contributed by atoms with Crippen LogP contribution >= 0.6 is 0 Å². The van der Waals surface area contributed by atoms with E-state index < -0.39 is 5.60 Å².